The highest BCUT2D eigenvalue weighted by Gasteiger charge is 2.27. The van der Waals surface area contributed by atoms with E-state index in [1.54, 1.807) is 0 Å². The van der Waals surface area contributed by atoms with Gasteiger partial charge in [-0.2, -0.15) is 13.2 Å². The number of alkyl halides is 3. The molecule has 19 heavy (non-hydrogen) atoms. The van der Waals surface area contributed by atoms with Crippen LogP contribution < -0.4 is 5.32 Å². The summed E-state index contributed by atoms with van der Waals surface area (Å²) in [5, 5.41) is 12.1. The van der Waals surface area contributed by atoms with Gasteiger partial charge < -0.3 is 10.4 Å². The highest BCUT2D eigenvalue weighted by Crippen LogP contribution is 2.29. The number of halogens is 5. The maximum Gasteiger partial charge on any atom is 0.441 e. The average Bonchev–Trinajstić information content (AvgIpc) is 2.30. The fourth-order valence-electron chi connectivity index (χ4n) is 1.36. The molecule has 0 saturated carbocycles. The van der Waals surface area contributed by atoms with E-state index >= 15 is 0 Å². The number of nitrogens with one attached hydrogen (secondary N) is 1. The molecule has 2 N–H and O–H groups in total. The standard InChI is InChI=1S/C11H12F5NOS/c12-7-1-2-9(13)8(5-7)10(18)6-17-3-4-19-11(14,15)16/h1-2,5,10,17-18H,3-4,6H2. The van der Waals surface area contributed by atoms with Crippen LogP contribution in [0.4, 0.5) is 22.0 Å². The van der Waals surface area contributed by atoms with Crippen molar-refractivity contribution in [3.8, 4) is 0 Å². The largest absolute Gasteiger partial charge is 0.441 e. The summed E-state index contributed by atoms with van der Waals surface area (Å²) in [7, 11) is 0. The van der Waals surface area contributed by atoms with Crippen molar-refractivity contribution in [1.29, 1.82) is 0 Å². The van der Waals surface area contributed by atoms with Gasteiger partial charge in [0.15, 0.2) is 0 Å². The minimum absolute atomic E-state index is 0.00181. The van der Waals surface area contributed by atoms with Crippen LogP contribution in [-0.4, -0.2) is 29.5 Å². The Kier molecular flexibility index (Phi) is 6.02. The molecule has 0 heterocycles. The van der Waals surface area contributed by atoms with Gasteiger partial charge in [0.1, 0.15) is 11.6 Å². The second kappa shape index (κ2) is 7.06. The first-order valence-electron chi connectivity index (χ1n) is 5.34. The lowest BCUT2D eigenvalue weighted by atomic mass is 10.1. The monoisotopic (exact) mass is 301 g/mol. The lowest BCUT2D eigenvalue weighted by Crippen LogP contribution is -2.25. The van der Waals surface area contributed by atoms with E-state index in [0.29, 0.717) is 0 Å². The van der Waals surface area contributed by atoms with Crippen molar-refractivity contribution in [3.05, 3.63) is 35.4 Å². The van der Waals surface area contributed by atoms with Gasteiger partial charge in [-0.3, -0.25) is 0 Å². The molecular formula is C11H12F5NOS. The molecule has 0 amide bonds. The van der Waals surface area contributed by atoms with Crippen molar-refractivity contribution in [2.45, 2.75) is 11.6 Å². The summed E-state index contributed by atoms with van der Waals surface area (Å²) in [5.41, 5.74) is -4.52. The van der Waals surface area contributed by atoms with E-state index in [2.05, 4.69) is 5.32 Å². The van der Waals surface area contributed by atoms with Gasteiger partial charge >= 0.3 is 5.51 Å². The molecule has 0 radical (unpaired) electrons. The van der Waals surface area contributed by atoms with Crippen molar-refractivity contribution in [2.75, 3.05) is 18.8 Å². The summed E-state index contributed by atoms with van der Waals surface area (Å²) in [5.74, 6) is -1.68. The van der Waals surface area contributed by atoms with E-state index in [0.717, 1.165) is 18.2 Å². The minimum Gasteiger partial charge on any atom is -0.387 e. The van der Waals surface area contributed by atoms with Crippen molar-refractivity contribution < 1.29 is 27.1 Å². The highest BCUT2D eigenvalue weighted by molar-refractivity contribution is 8.00. The van der Waals surface area contributed by atoms with Crippen LogP contribution in [0.3, 0.4) is 0 Å². The molecule has 1 unspecified atom stereocenters. The first-order chi connectivity index (χ1) is 8.79. The van der Waals surface area contributed by atoms with Gasteiger partial charge in [0.25, 0.3) is 0 Å². The van der Waals surface area contributed by atoms with Gasteiger partial charge in [0, 0.05) is 24.4 Å². The summed E-state index contributed by atoms with van der Waals surface area (Å²) in [6.45, 7) is -0.156. The third-order valence-corrected chi connectivity index (χ3v) is 2.93. The second-order valence-electron chi connectivity index (χ2n) is 3.68. The average molecular weight is 301 g/mol. The molecule has 8 heteroatoms. The second-order valence-corrected chi connectivity index (χ2v) is 4.84. The Morgan fingerprint density at radius 2 is 1.95 bits per heavy atom. The number of hydrogen-bond acceptors (Lipinski definition) is 3. The Morgan fingerprint density at radius 1 is 1.26 bits per heavy atom. The smallest absolute Gasteiger partial charge is 0.387 e. The Morgan fingerprint density at radius 3 is 2.58 bits per heavy atom. The van der Waals surface area contributed by atoms with E-state index in [1.807, 2.05) is 0 Å². The summed E-state index contributed by atoms with van der Waals surface area (Å²) < 4.78 is 61.5. The van der Waals surface area contributed by atoms with Gasteiger partial charge in [-0.25, -0.2) is 8.78 Å². The van der Waals surface area contributed by atoms with Crippen LogP contribution in [0.15, 0.2) is 18.2 Å². The molecule has 0 saturated heterocycles. The lowest BCUT2D eigenvalue weighted by molar-refractivity contribution is -0.0327. The first-order valence-corrected chi connectivity index (χ1v) is 6.32. The number of aliphatic hydroxyl groups excluding tert-OH is 1. The van der Waals surface area contributed by atoms with Crippen LogP contribution in [-0.2, 0) is 0 Å². The lowest BCUT2D eigenvalue weighted by Gasteiger charge is -2.13. The Balaban J connectivity index is 2.35. The summed E-state index contributed by atoms with van der Waals surface area (Å²) in [6, 6.07) is 2.65. The molecule has 2 nitrogen and oxygen atoms in total. The minimum atomic E-state index is -4.30. The molecule has 0 spiro atoms. The predicted molar refractivity (Wildman–Crippen MR) is 62.7 cm³/mol. The summed E-state index contributed by atoms with van der Waals surface area (Å²) >= 11 is -0.192. The van der Waals surface area contributed by atoms with Crippen LogP contribution in [0, 0.1) is 11.6 Å². The SMILES string of the molecule is OC(CNCCSC(F)(F)F)c1cc(F)ccc1F. The van der Waals surface area contributed by atoms with Crippen LogP contribution in [0.1, 0.15) is 11.7 Å². The van der Waals surface area contributed by atoms with Crippen LogP contribution in [0.5, 0.6) is 0 Å². The molecule has 108 valence electrons. The fraction of sp³-hybridized carbons (Fsp3) is 0.455. The third kappa shape index (κ3) is 6.22. The number of aliphatic hydroxyl groups is 1. The molecule has 1 rings (SSSR count). The normalized spacial score (nSPS) is 13.6. The molecule has 0 aliphatic carbocycles. The zero-order chi connectivity index (χ0) is 14.5. The third-order valence-electron chi connectivity index (χ3n) is 2.20. The molecule has 0 bridgehead atoms. The summed E-state index contributed by atoms with van der Waals surface area (Å²) in [6.07, 6.45) is -1.31. The molecule has 1 aromatic carbocycles. The van der Waals surface area contributed by atoms with E-state index in [1.165, 1.54) is 0 Å². The molecule has 1 aromatic rings. The molecule has 1 atom stereocenters. The van der Waals surface area contributed by atoms with Crippen molar-refractivity contribution in [3.63, 3.8) is 0 Å². The fourth-order valence-corrected chi connectivity index (χ4v) is 1.84. The molecule has 0 aliphatic rings. The quantitative estimate of drug-likeness (QED) is 0.626. The number of hydrogen-bond donors (Lipinski definition) is 2. The summed E-state index contributed by atoms with van der Waals surface area (Å²) in [4.78, 5) is 0. The van der Waals surface area contributed by atoms with E-state index in [4.69, 9.17) is 0 Å². The van der Waals surface area contributed by atoms with Crippen molar-refractivity contribution >= 4 is 11.8 Å². The van der Waals surface area contributed by atoms with Crippen molar-refractivity contribution in [2.24, 2.45) is 0 Å². The van der Waals surface area contributed by atoms with Gasteiger partial charge in [0.2, 0.25) is 0 Å². The van der Waals surface area contributed by atoms with E-state index < -0.39 is 23.2 Å². The zero-order valence-corrected chi connectivity index (χ0v) is 10.5. The van der Waals surface area contributed by atoms with Gasteiger partial charge in [-0.05, 0) is 30.0 Å². The van der Waals surface area contributed by atoms with Gasteiger partial charge in [-0.1, -0.05) is 0 Å². The highest BCUT2D eigenvalue weighted by atomic mass is 32.2. The maximum absolute atomic E-state index is 13.2. The van der Waals surface area contributed by atoms with E-state index in [-0.39, 0.29) is 36.2 Å². The number of benzene rings is 1. The topological polar surface area (TPSA) is 32.3 Å². The van der Waals surface area contributed by atoms with Crippen LogP contribution in [0.2, 0.25) is 0 Å². The maximum atomic E-state index is 13.2. The van der Waals surface area contributed by atoms with Gasteiger partial charge in [0.05, 0.1) is 6.10 Å². The van der Waals surface area contributed by atoms with Crippen LogP contribution >= 0.6 is 11.8 Å². The van der Waals surface area contributed by atoms with E-state index in [9.17, 15) is 27.1 Å². The Bertz CT molecular complexity index is 413. The molecular weight excluding hydrogens is 289 g/mol. The molecule has 0 aliphatic heterocycles. The number of thioether (sulfide) groups is 1. The molecule has 0 aromatic heterocycles. The Hall–Kier alpha value is -0.860. The Labute approximate surface area is 111 Å². The van der Waals surface area contributed by atoms with Crippen LogP contribution in [0.25, 0.3) is 0 Å². The predicted octanol–water partition coefficient (Wildman–Crippen LogP) is 2.84. The van der Waals surface area contributed by atoms with Crippen molar-refractivity contribution in [1.82, 2.24) is 5.32 Å². The van der Waals surface area contributed by atoms with Gasteiger partial charge in [-0.15, -0.1) is 0 Å². The molecule has 0 fully saturated rings. The number of rotatable bonds is 6. The zero-order valence-electron chi connectivity index (χ0n) is 9.68. The first kappa shape index (κ1) is 16.2.